The van der Waals surface area contributed by atoms with E-state index in [1.165, 1.54) is 11.1 Å². The molecule has 3 atom stereocenters. The van der Waals surface area contributed by atoms with E-state index >= 15 is 0 Å². The van der Waals surface area contributed by atoms with E-state index in [1.54, 1.807) is 65.8 Å². The van der Waals surface area contributed by atoms with Gasteiger partial charge in [0.05, 0.1) is 17.5 Å². The lowest BCUT2D eigenvalue weighted by Gasteiger charge is -2.29. The zero-order valence-corrected chi connectivity index (χ0v) is 22.3. The standard InChI is InChI=1S/C25H31F3N2O6S/c1-23(2,3)35-21(32)30-13-17(34-22(33)36-24(4,5)6)19(31)16(30)11-14-7-9-15(10-8-14)18-12-29-20(37-18)25(26,27)28/h7-10,12,16-17,19,31H,11,13H2,1-6H3/t16-,17+,19+/m1/s1. The van der Waals surface area contributed by atoms with Gasteiger partial charge in [0.15, 0.2) is 11.1 Å². The van der Waals surface area contributed by atoms with Crippen molar-refractivity contribution in [1.82, 2.24) is 9.88 Å². The Balaban J connectivity index is 1.78. The summed E-state index contributed by atoms with van der Waals surface area (Å²) < 4.78 is 54.6. The number of carbonyl (C=O) groups excluding carboxylic acids is 2. The van der Waals surface area contributed by atoms with Crippen LogP contribution in [-0.2, 0) is 26.8 Å². The van der Waals surface area contributed by atoms with Gasteiger partial charge < -0.3 is 19.3 Å². The second-order valence-corrected chi connectivity index (χ2v) is 11.8. The summed E-state index contributed by atoms with van der Waals surface area (Å²) in [5.41, 5.74) is -0.327. The maximum atomic E-state index is 12.9. The first kappa shape index (κ1) is 28.7. The molecule has 1 aromatic heterocycles. The van der Waals surface area contributed by atoms with Gasteiger partial charge in [0.2, 0.25) is 0 Å². The number of halogens is 3. The van der Waals surface area contributed by atoms with Gasteiger partial charge >= 0.3 is 18.4 Å². The number of carbonyl (C=O) groups is 2. The van der Waals surface area contributed by atoms with Gasteiger partial charge in [-0.25, -0.2) is 14.6 Å². The maximum absolute atomic E-state index is 12.9. The highest BCUT2D eigenvalue weighted by molar-refractivity contribution is 7.15. The Kier molecular flexibility index (Phi) is 8.13. The molecule has 1 N–H and O–H groups in total. The van der Waals surface area contributed by atoms with Crippen LogP contribution in [0.2, 0.25) is 0 Å². The van der Waals surface area contributed by atoms with Crippen molar-refractivity contribution in [2.75, 3.05) is 6.54 Å². The minimum atomic E-state index is -4.51. The Hall–Kier alpha value is -2.86. The molecule has 0 aliphatic carbocycles. The molecule has 2 heterocycles. The number of hydrogen-bond donors (Lipinski definition) is 1. The number of rotatable bonds is 4. The van der Waals surface area contributed by atoms with Gasteiger partial charge in [-0.15, -0.1) is 11.3 Å². The van der Waals surface area contributed by atoms with Gasteiger partial charge in [-0.2, -0.15) is 13.2 Å². The Morgan fingerprint density at radius 2 is 1.65 bits per heavy atom. The highest BCUT2D eigenvalue weighted by atomic mass is 32.1. The maximum Gasteiger partial charge on any atom is 0.509 e. The number of alkyl halides is 3. The average molecular weight is 545 g/mol. The molecule has 1 aromatic carbocycles. The summed E-state index contributed by atoms with van der Waals surface area (Å²) in [6.45, 7) is 10.1. The first-order valence-electron chi connectivity index (χ1n) is 11.6. The van der Waals surface area contributed by atoms with E-state index in [4.69, 9.17) is 14.2 Å². The molecule has 0 unspecified atom stereocenters. The number of aliphatic hydroxyl groups excluding tert-OH is 1. The minimum Gasteiger partial charge on any atom is -0.444 e. The quantitative estimate of drug-likeness (QED) is 0.495. The van der Waals surface area contributed by atoms with Gasteiger partial charge in [0.25, 0.3) is 0 Å². The van der Waals surface area contributed by atoms with E-state index in [-0.39, 0.29) is 13.0 Å². The van der Waals surface area contributed by atoms with Gasteiger partial charge in [0, 0.05) is 6.20 Å². The van der Waals surface area contributed by atoms with E-state index in [0.717, 1.165) is 0 Å². The molecule has 204 valence electrons. The molecule has 0 bridgehead atoms. The SMILES string of the molecule is CC(C)(C)OC(=O)O[C@H]1CN(C(=O)OC(C)(C)C)[C@H](Cc2ccc(-c3cnc(C(F)(F)F)s3)cc2)[C@@H]1O. The lowest BCUT2D eigenvalue weighted by Crippen LogP contribution is -2.43. The summed E-state index contributed by atoms with van der Waals surface area (Å²) in [6.07, 6.45) is -7.05. The topological polar surface area (TPSA) is 98.2 Å². The van der Waals surface area contributed by atoms with Crippen molar-refractivity contribution in [2.24, 2.45) is 0 Å². The van der Waals surface area contributed by atoms with Crippen molar-refractivity contribution in [3.05, 3.63) is 41.0 Å². The molecule has 12 heteroatoms. The van der Waals surface area contributed by atoms with E-state index in [1.807, 2.05) is 0 Å². The second-order valence-electron chi connectivity index (χ2n) is 10.7. The number of aliphatic hydroxyl groups is 1. The number of benzene rings is 1. The summed E-state index contributed by atoms with van der Waals surface area (Å²) in [5, 5.41) is 10.1. The molecule has 1 fully saturated rings. The Morgan fingerprint density at radius 3 is 2.16 bits per heavy atom. The number of nitrogens with zero attached hydrogens (tertiary/aromatic N) is 2. The Morgan fingerprint density at radius 1 is 1.05 bits per heavy atom. The molecule has 2 aromatic rings. The molecule has 1 aliphatic rings. The van der Waals surface area contributed by atoms with Crippen LogP contribution in [0.4, 0.5) is 22.8 Å². The molecule has 1 aliphatic heterocycles. The molecular weight excluding hydrogens is 513 g/mol. The van der Waals surface area contributed by atoms with E-state index < -0.39 is 52.9 Å². The number of thiazole rings is 1. The third-order valence-electron chi connectivity index (χ3n) is 5.25. The average Bonchev–Trinajstić information content (AvgIpc) is 3.33. The number of ether oxygens (including phenoxy) is 3. The van der Waals surface area contributed by atoms with E-state index in [0.29, 0.717) is 27.3 Å². The van der Waals surface area contributed by atoms with E-state index in [9.17, 15) is 27.9 Å². The number of hydrogen-bond acceptors (Lipinski definition) is 8. The number of amides is 1. The largest absolute Gasteiger partial charge is 0.509 e. The van der Waals surface area contributed by atoms with Crippen LogP contribution in [0.3, 0.4) is 0 Å². The summed E-state index contributed by atoms with van der Waals surface area (Å²) in [4.78, 5) is 30.2. The molecule has 3 rings (SSSR count). The summed E-state index contributed by atoms with van der Waals surface area (Å²) in [6, 6.07) is 5.91. The third-order valence-corrected chi connectivity index (χ3v) is 6.34. The van der Waals surface area contributed by atoms with Gasteiger partial charge in [-0.05, 0) is 59.1 Å². The number of aromatic nitrogens is 1. The van der Waals surface area contributed by atoms with Crippen LogP contribution in [-0.4, -0.2) is 63.2 Å². The van der Waals surface area contributed by atoms with Crippen LogP contribution in [0.15, 0.2) is 30.5 Å². The fourth-order valence-electron chi connectivity index (χ4n) is 3.72. The fourth-order valence-corrected chi connectivity index (χ4v) is 4.51. The monoisotopic (exact) mass is 544 g/mol. The molecule has 1 amide bonds. The Bertz CT molecular complexity index is 1110. The molecule has 0 radical (unpaired) electrons. The van der Waals surface area contributed by atoms with Crippen LogP contribution < -0.4 is 0 Å². The van der Waals surface area contributed by atoms with Crippen molar-refractivity contribution in [1.29, 1.82) is 0 Å². The molecule has 0 spiro atoms. The van der Waals surface area contributed by atoms with Crippen molar-refractivity contribution in [3.8, 4) is 10.4 Å². The lowest BCUT2D eigenvalue weighted by molar-refractivity contribution is -0.137. The zero-order valence-electron chi connectivity index (χ0n) is 21.5. The molecule has 8 nitrogen and oxygen atoms in total. The van der Waals surface area contributed by atoms with Crippen molar-refractivity contribution in [3.63, 3.8) is 0 Å². The van der Waals surface area contributed by atoms with Gasteiger partial charge in [0.1, 0.15) is 17.3 Å². The predicted molar refractivity (Wildman–Crippen MR) is 130 cm³/mol. The second kappa shape index (κ2) is 10.5. The van der Waals surface area contributed by atoms with Gasteiger partial charge in [-0.1, -0.05) is 24.3 Å². The fraction of sp³-hybridized carbons (Fsp3) is 0.560. The normalized spacial score (nSPS) is 20.6. The van der Waals surface area contributed by atoms with Crippen molar-refractivity contribution >= 4 is 23.6 Å². The first-order valence-corrected chi connectivity index (χ1v) is 12.4. The summed E-state index contributed by atoms with van der Waals surface area (Å²) in [5.74, 6) is 0. The van der Waals surface area contributed by atoms with Gasteiger partial charge in [-0.3, -0.25) is 4.90 Å². The smallest absolute Gasteiger partial charge is 0.444 e. The lowest BCUT2D eigenvalue weighted by atomic mass is 10.00. The number of likely N-dealkylation sites (tertiary alicyclic amines) is 1. The molecule has 1 saturated heterocycles. The molecule has 37 heavy (non-hydrogen) atoms. The Labute approximate surface area is 217 Å². The van der Waals surface area contributed by atoms with Crippen molar-refractivity contribution < 1.29 is 42.1 Å². The predicted octanol–water partition coefficient (Wildman–Crippen LogP) is 5.67. The first-order chi connectivity index (χ1) is 16.9. The highest BCUT2D eigenvalue weighted by Gasteiger charge is 2.47. The van der Waals surface area contributed by atoms with Crippen LogP contribution in [0.25, 0.3) is 10.4 Å². The third kappa shape index (κ3) is 7.81. The van der Waals surface area contributed by atoms with E-state index in [2.05, 4.69) is 4.98 Å². The minimum absolute atomic E-state index is 0.0981. The van der Waals surface area contributed by atoms with Crippen LogP contribution in [0.1, 0.15) is 52.1 Å². The summed E-state index contributed by atoms with van der Waals surface area (Å²) in [7, 11) is 0. The van der Waals surface area contributed by atoms with Crippen LogP contribution in [0, 0.1) is 0 Å². The molecule has 0 saturated carbocycles. The highest BCUT2D eigenvalue weighted by Crippen LogP contribution is 2.36. The van der Waals surface area contributed by atoms with Crippen LogP contribution >= 0.6 is 11.3 Å². The van der Waals surface area contributed by atoms with Crippen molar-refractivity contribution in [2.45, 2.75) is 83.6 Å². The molecular formula is C25H31F3N2O6S. The summed E-state index contributed by atoms with van der Waals surface area (Å²) >= 11 is 0.545. The van der Waals surface area contributed by atoms with Crippen LogP contribution in [0.5, 0.6) is 0 Å². The zero-order chi connectivity index (χ0) is 27.8.